The van der Waals surface area contributed by atoms with Gasteiger partial charge in [-0.1, -0.05) is 41.6 Å². The molecule has 0 bridgehead atoms. The summed E-state index contributed by atoms with van der Waals surface area (Å²) in [6, 6.07) is 14.2. The van der Waals surface area contributed by atoms with E-state index in [-0.39, 0.29) is 0 Å². The summed E-state index contributed by atoms with van der Waals surface area (Å²) >= 11 is 7.23. The van der Waals surface area contributed by atoms with Crippen molar-refractivity contribution in [3.8, 4) is 17.1 Å². The highest BCUT2D eigenvalue weighted by molar-refractivity contribution is 8.00. The monoisotopic (exact) mass is 440 g/mol. The van der Waals surface area contributed by atoms with Crippen LogP contribution < -0.4 is 11.1 Å². The molecule has 0 aliphatic rings. The zero-order valence-corrected chi connectivity index (χ0v) is 17.4. The minimum Gasteiger partial charge on any atom is -0.360 e. The normalized spacial score (nSPS) is 12.1. The van der Waals surface area contributed by atoms with E-state index in [2.05, 4.69) is 20.5 Å². The summed E-state index contributed by atoms with van der Waals surface area (Å²) in [4.78, 5) is 26.4. The molecule has 0 radical (unpaired) electrons. The predicted octanol–water partition coefficient (Wildman–Crippen LogP) is 3.74. The number of nitrogens with two attached hydrogens (primary N) is 1. The quantitative estimate of drug-likeness (QED) is 0.408. The van der Waals surface area contributed by atoms with Gasteiger partial charge in [-0.25, -0.2) is 4.79 Å². The number of hydrogen-bond acceptors (Lipinski definition) is 5. The van der Waals surface area contributed by atoms with Crippen molar-refractivity contribution in [3.63, 3.8) is 0 Å². The average molecular weight is 441 g/mol. The number of H-pyrrole nitrogens is 1. The highest BCUT2D eigenvalue weighted by Crippen LogP contribution is 2.33. The van der Waals surface area contributed by atoms with Crippen molar-refractivity contribution in [2.24, 2.45) is 5.73 Å². The number of urea groups is 1. The number of halogens is 1. The number of aromatic nitrogens is 4. The number of rotatable bonds is 5. The van der Waals surface area contributed by atoms with Crippen LogP contribution in [0.5, 0.6) is 0 Å². The van der Waals surface area contributed by atoms with E-state index >= 15 is 0 Å². The Bertz CT molecular complexity index is 1230. The number of hydrogen-bond donors (Lipinski definition) is 3. The Morgan fingerprint density at radius 2 is 1.90 bits per heavy atom. The van der Waals surface area contributed by atoms with E-state index in [4.69, 9.17) is 17.3 Å². The molecule has 0 saturated carbocycles. The van der Waals surface area contributed by atoms with Crippen LogP contribution >= 0.6 is 23.4 Å². The summed E-state index contributed by atoms with van der Waals surface area (Å²) in [7, 11) is 0. The number of nitrogens with one attached hydrogen (secondary N) is 2. The SMILES string of the molecule is CC(Sc1nnc(-c2c[nH]c3ccccc23)n1-c1ccc(Cl)cc1)C(=O)NC(N)=O. The number of carbonyl (C=O) groups is 2. The first-order valence-corrected chi connectivity index (χ1v) is 10.2. The maximum Gasteiger partial charge on any atom is 0.318 e. The number of imide groups is 1. The maximum absolute atomic E-state index is 12.1. The van der Waals surface area contributed by atoms with Gasteiger partial charge in [0.05, 0.1) is 5.25 Å². The van der Waals surface area contributed by atoms with E-state index in [1.807, 2.05) is 47.2 Å². The van der Waals surface area contributed by atoms with Crippen molar-refractivity contribution < 1.29 is 9.59 Å². The molecule has 0 aliphatic heterocycles. The second-order valence-electron chi connectivity index (χ2n) is 6.48. The lowest BCUT2D eigenvalue weighted by Gasteiger charge is -2.13. The van der Waals surface area contributed by atoms with Crippen LogP contribution in [0.2, 0.25) is 5.02 Å². The number of aromatic amines is 1. The summed E-state index contributed by atoms with van der Waals surface area (Å²) in [5.74, 6) is 0.103. The van der Waals surface area contributed by atoms with Gasteiger partial charge in [0.15, 0.2) is 11.0 Å². The summed E-state index contributed by atoms with van der Waals surface area (Å²) < 4.78 is 1.85. The number of para-hydroxylation sites is 1. The van der Waals surface area contributed by atoms with E-state index in [0.717, 1.165) is 22.2 Å². The van der Waals surface area contributed by atoms with Crippen molar-refractivity contribution in [3.05, 3.63) is 59.8 Å². The molecule has 0 spiro atoms. The Morgan fingerprint density at radius 1 is 1.17 bits per heavy atom. The summed E-state index contributed by atoms with van der Waals surface area (Å²) in [5.41, 5.74) is 7.68. The second-order valence-corrected chi connectivity index (χ2v) is 8.22. The smallest absolute Gasteiger partial charge is 0.318 e. The lowest BCUT2D eigenvalue weighted by molar-refractivity contribution is -0.119. The lowest BCUT2D eigenvalue weighted by Crippen LogP contribution is -2.39. The average Bonchev–Trinajstić information content (AvgIpc) is 3.32. The fourth-order valence-corrected chi connectivity index (χ4v) is 4.03. The van der Waals surface area contributed by atoms with Crippen LogP contribution in [-0.2, 0) is 4.79 Å². The van der Waals surface area contributed by atoms with E-state index in [0.29, 0.717) is 16.0 Å². The van der Waals surface area contributed by atoms with Gasteiger partial charge >= 0.3 is 6.03 Å². The molecule has 30 heavy (non-hydrogen) atoms. The molecule has 152 valence electrons. The summed E-state index contributed by atoms with van der Waals surface area (Å²) in [6.45, 7) is 1.66. The summed E-state index contributed by atoms with van der Waals surface area (Å²) in [5, 5.41) is 12.3. The minimum atomic E-state index is -0.897. The number of amides is 3. The Hall–Kier alpha value is -3.30. The molecule has 4 aromatic rings. The van der Waals surface area contributed by atoms with Gasteiger partial charge in [0, 0.05) is 33.4 Å². The van der Waals surface area contributed by atoms with Crippen LogP contribution in [0.4, 0.5) is 4.79 Å². The molecule has 2 aromatic heterocycles. The second kappa shape index (κ2) is 8.21. The van der Waals surface area contributed by atoms with Crippen molar-refractivity contribution in [1.29, 1.82) is 0 Å². The standard InChI is InChI=1S/C20H17ClN6O2S/c1-11(18(28)24-19(22)29)30-20-26-25-17(27(20)13-8-6-12(21)7-9-13)15-10-23-16-5-3-2-4-14(15)16/h2-11,23H,1H3,(H3,22,24,28,29). The molecule has 8 nitrogen and oxygen atoms in total. The van der Waals surface area contributed by atoms with Gasteiger partial charge in [0.2, 0.25) is 5.91 Å². The number of carbonyl (C=O) groups excluding carboxylic acids is 2. The molecule has 2 aromatic carbocycles. The van der Waals surface area contributed by atoms with Crippen LogP contribution in [0.1, 0.15) is 6.92 Å². The highest BCUT2D eigenvalue weighted by atomic mass is 35.5. The molecule has 4 N–H and O–H groups in total. The van der Waals surface area contributed by atoms with Gasteiger partial charge in [-0.05, 0) is 37.3 Å². The fraction of sp³-hybridized carbons (Fsp3) is 0.100. The zero-order valence-electron chi connectivity index (χ0n) is 15.8. The molecular formula is C20H17ClN6O2S. The molecular weight excluding hydrogens is 424 g/mol. The topological polar surface area (TPSA) is 119 Å². The largest absolute Gasteiger partial charge is 0.360 e. The van der Waals surface area contributed by atoms with Crippen molar-refractivity contribution in [1.82, 2.24) is 25.1 Å². The van der Waals surface area contributed by atoms with E-state index in [9.17, 15) is 9.59 Å². The first-order chi connectivity index (χ1) is 14.4. The zero-order chi connectivity index (χ0) is 21.3. The van der Waals surface area contributed by atoms with Gasteiger partial charge in [-0.3, -0.25) is 14.7 Å². The molecule has 0 saturated heterocycles. The third kappa shape index (κ3) is 3.89. The van der Waals surface area contributed by atoms with Gasteiger partial charge in [-0.15, -0.1) is 10.2 Å². The Balaban J connectivity index is 1.81. The highest BCUT2D eigenvalue weighted by Gasteiger charge is 2.23. The Morgan fingerprint density at radius 3 is 2.63 bits per heavy atom. The third-order valence-corrected chi connectivity index (χ3v) is 5.74. The molecule has 1 unspecified atom stereocenters. The van der Waals surface area contributed by atoms with Crippen LogP contribution in [0, 0.1) is 0 Å². The number of primary amides is 1. The third-order valence-electron chi connectivity index (χ3n) is 4.45. The molecule has 10 heteroatoms. The summed E-state index contributed by atoms with van der Waals surface area (Å²) in [6.07, 6.45) is 1.87. The first kappa shape index (κ1) is 20.0. The predicted molar refractivity (Wildman–Crippen MR) is 117 cm³/mol. The first-order valence-electron chi connectivity index (χ1n) is 8.99. The lowest BCUT2D eigenvalue weighted by atomic mass is 10.1. The van der Waals surface area contributed by atoms with Crippen LogP contribution in [-0.4, -0.2) is 36.9 Å². The van der Waals surface area contributed by atoms with Gasteiger partial charge in [0.25, 0.3) is 0 Å². The molecule has 0 aliphatic carbocycles. The molecule has 2 heterocycles. The van der Waals surface area contributed by atoms with E-state index in [1.165, 1.54) is 11.8 Å². The molecule has 3 amide bonds. The minimum absolute atomic E-state index is 0.490. The van der Waals surface area contributed by atoms with Crippen LogP contribution in [0.15, 0.2) is 59.9 Å². The van der Waals surface area contributed by atoms with Crippen molar-refractivity contribution in [2.75, 3.05) is 0 Å². The van der Waals surface area contributed by atoms with Crippen molar-refractivity contribution >= 4 is 46.2 Å². The maximum atomic E-state index is 12.1. The van der Waals surface area contributed by atoms with E-state index < -0.39 is 17.2 Å². The fourth-order valence-electron chi connectivity index (χ4n) is 3.03. The van der Waals surface area contributed by atoms with E-state index in [1.54, 1.807) is 19.1 Å². The molecule has 4 rings (SSSR count). The Kier molecular flexibility index (Phi) is 5.47. The number of nitrogens with zero attached hydrogens (tertiary/aromatic N) is 3. The van der Waals surface area contributed by atoms with Gasteiger partial charge < -0.3 is 10.7 Å². The number of benzene rings is 2. The van der Waals surface area contributed by atoms with Gasteiger partial charge in [0.1, 0.15) is 0 Å². The Labute approximate surface area is 180 Å². The number of thioether (sulfide) groups is 1. The van der Waals surface area contributed by atoms with Gasteiger partial charge in [-0.2, -0.15) is 0 Å². The molecule has 0 fully saturated rings. The van der Waals surface area contributed by atoms with Crippen molar-refractivity contribution in [2.45, 2.75) is 17.3 Å². The van der Waals surface area contributed by atoms with Crippen LogP contribution in [0.25, 0.3) is 28.0 Å². The van der Waals surface area contributed by atoms with Crippen LogP contribution in [0.3, 0.4) is 0 Å². The molecule has 1 atom stereocenters. The number of fused-ring (bicyclic) bond motifs is 1.